The van der Waals surface area contributed by atoms with Crippen molar-refractivity contribution in [2.24, 2.45) is 0 Å². The fraction of sp³-hybridized carbons (Fsp3) is 0.320. The third-order valence-electron chi connectivity index (χ3n) is 5.44. The number of carbonyl (C=O) groups is 3. The molecule has 0 aromatic heterocycles. The second-order valence-corrected chi connectivity index (χ2v) is 8.71. The highest BCUT2D eigenvalue weighted by atomic mass is 35.5. The summed E-state index contributed by atoms with van der Waals surface area (Å²) in [6, 6.07) is 10.4. The van der Waals surface area contributed by atoms with E-state index >= 15 is 0 Å². The van der Waals surface area contributed by atoms with E-state index in [1.165, 1.54) is 24.1 Å². The molecular formula is C25H27Cl2N3O5. The van der Waals surface area contributed by atoms with E-state index < -0.39 is 17.9 Å². The molecule has 1 atom stereocenters. The van der Waals surface area contributed by atoms with Gasteiger partial charge in [-0.2, -0.15) is 0 Å². The lowest BCUT2D eigenvalue weighted by Crippen LogP contribution is -2.48. The van der Waals surface area contributed by atoms with E-state index in [-0.39, 0.29) is 29.8 Å². The van der Waals surface area contributed by atoms with E-state index in [0.717, 1.165) is 6.42 Å². The molecule has 10 heteroatoms. The molecule has 1 heterocycles. The van der Waals surface area contributed by atoms with E-state index in [1.54, 1.807) is 37.3 Å². The number of ether oxygens (including phenoxy) is 2. The van der Waals surface area contributed by atoms with Gasteiger partial charge in [-0.25, -0.2) is 9.59 Å². The summed E-state index contributed by atoms with van der Waals surface area (Å²) in [5, 5.41) is 6.34. The molecule has 1 aliphatic heterocycles. The number of amides is 3. The van der Waals surface area contributed by atoms with Crippen LogP contribution in [0.5, 0.6) is 0 Å². The lowest BCUT2D eigenvalue weighted by molar-refractivity contribution is -0.140. The number of rotatable bonds is 9. The molecule has 0 bridgehead atoms. The fourth-order valence-electron chi connectivity index (χ4n) is 3.75. The van der Waals surface area contributed by atoms with Crippen molar-refractivity contribution < 1.29 is 23.9 Å². The summed E-state index contributed by atoms with van der Waals surface area (Å²) in [4.78, 5) is 40.1. The van der Waals surface area contributed by atoms with Crippen LogP contribution in [0, 0.1) is 0 Å². The van der Waals surface area contributed by atoms with E-state index in [4.69, 9.17) is 32.7 Å². The number of methoxy groups -OCH3 is 1. The molecule has 186 valence electrons. The molecule has 0 saturated carbocycles. The van der Waals surface area contributed by atoms with Crippen molar-refractivity contribution in [3.05, 3.63) is 74.9 Å². The standard InChI is InChI=1S/C25H27Cl2N3O5/c1-4-10-30-15(2)21(24(32)35-12-11-34-3)22(29-25(30)33)16-6-5-7-18(13-16)28-23(31)19-9-8-17(26)14-20(19)27/h5-9,13-14,22H,4,10-12H2,1-3H3,(H,28,31)(H,29,33). The molecule has 0 aliphatic carbocycles. The van der Waals surface area contributed by atoms with E-state index in [2.05, 4.69) is 10.6 Å². The average molecular weight is 520 g/mol. The van der Waals surface area contributed by atoms with Crippen molar-refractivity contribution >= 4 is 46.8 Å². The monoisotopic (exact) mass is 519 g/mol. The maximum absolute atomic E-state index is 13.0. The van der Waals surface area contributed by atoms with Gasteiger partial charge in [0.15, 0.2) is 0 Å². The predicted molar refractivity (Wildman–Crippen MR) is 135 cm³/mol. The first kappa shape index (κ1) is 26.5. The molecule has 1 aliphatic rings. The highest BCUT2D eigenvalue weighted by Crippen LogP contribution is 2.33. The van der Waals surface area contributed by atoms with Gasteiger partial charge in [0.05, 0.1) is 28.8 Å². The summed E-state index contributed by atoms with van der Waals surface area (Å²) in [5.41, 5.74) is 2.17. The van der Waals surface area contributed by atoms with Gasteiger partial charge in [0.25, 0.3) is 5.91 Å². The lowest BCUT2D eigenvalue weighted by atomic mass is 9.94. The number of nitrogens with zero attached hydrogens (tertiary/aromatic N) is 1. The third-order valence-corrected chi connectivity index (χ3v) is 5.99. The number of halogens is 2. The van der Waals surface area contributed by atoms with Gasteiger partial charge in [0.2, 0.25) is 0 Å². The molecule has 0 spiro atoms. The topological polar surface area (TPSA) is 97.0 Å². The van der Waals surface area contributed by atoms with Gasteiger partial charge in [0.1, 0.15) is 6.61 Å². The van der Waals surface area contributed by atoms with Crippen molar-refractivity contribution in [1.82, 2.24) is 10.2 Å². The Labute approximate surface area is 214 Å². The maximum atomic E-state index is 13.0. The maximum Gasteiger partial charge on any atom is 0.338 e. The molecule has 2 aromatic carbocycles. The third kappa shape index (κ3) is 6.33. The minimum absolute atomic E-state index is 0.0819. The van der Waals surface area contributed by atoms with Crippen LogP contribution >= 0.6 is 23.2 Å². The summed E-state index contributed by atoms with van der Waals surface area (Å²) < 4.78 is 10.4. The Morgan fingerprint density at radius 3 is 2.60 bits per heavy atom. The summed E-state index contributed by atoms with van der Waals surface area (Å²) in [6.07, 6.45) is 0.718. The van der Waals surface area contributed by atoms with Gasteiger partial charge in [0, 0.05) is 30.1 Å². The second kappa shape index (κ2) is 12.1. The van der Waals surface area contributed by atoms with Crippen LogP contribution in [0.15, 0.2) is 53.7 Å². The number of esters is 1. The second-order valence-electron chi connectivity index (χ2n) is 7.87. The Hall–Kier alpha value is -3.07. The summed E-state index contributed by atoms with van der Waals surface area (Å²) in [6.45, 7) is 4.46. The van der Waals surface area contributed by atoms with Crippen molar-refractivity contribution in [3.63, 3.8) is 0 Å². The van der Waals surface area contributed by atoms with Crippen LogP contribution in [0.25, 0.3) is 0 Å². The number of nitrogens with one attached hydrogen (secondary N) is 2. The smallest absolute Gasteiger partial charge is 0.338 e. The zero-order valence-corrected chi connectivity index (χ0v) is 21.2. The Kier molecular flexibility index (Phi) is 9.14. The number of benzene rings is 2. The number of urea groups is 1. The largest absolute Gasteiger partial charge is 0.460 e. The minimum atomic E-state index is -0.762. The van der Waals surface area contributed by atoms with Crippen molar-refractivity contribution in [2.75, 3.05) is 32.2 Å². The van der Waals surface area contributed by atoms with Crippen LogP contribution in [0.4, 0.5) is 10.5 Å². The minimum Gasteiger partial charge on any atom is -0.460 e. The first-order chi connectivity index (χ1) is 16.8. The van der Waals surface area contributed by atoms with Gasteiger partial charge in [-0.15, -0.1) is 0 Å². The van der Waals surface area contributed by atoms with Crippen LogP contribution in [0.1, 0.15) is 42.2 Å². The van der Waals surface area contributed by atoms with Crippen LogP contribution in [0.2, 0.25) is 10.0 Å². The van der Waals surface area contributed by atoms with Crippen molar-refractivity contribution in [1.29, 1.82) is 0 Å². The molecule has 0 saturated heterocycles. The normalized spacial score (nSPS) is 15.6. The molecule has 1 unspecified atom stereocenters. The molecule has 2 N–H and O–H groups in total. The predicted octanol–water partition coefficient (Wildman–Crippen LogP) is 5.19. The molecule has 3 amide bonds. The molecular weight excluding hydrogens is 493 g/mol. The van der Waals surface area contributed by atoms with Gasteiger partial charge in [-0.05, 0) is 49.2 Å². The van der Waals surface area contributed by atoms with Crippen LogP contribution < -0.4 is 10.6 Å². The van der Waals surface area contributed by atoms with Crippen LogP contribution in [0.3, 0.4) is 0 Å². The fourth-order valence-corrected chi connectivity index (χ4v) is 4.25. The zero-order chi connectivity index (χ0) is 25.5. The van der Waals surface area contributed by atoms with Crippen molar-refractivity contribution in [2.45, 2.75) is 26.3 Å². The number of anilines is 1. The first-order valence-electron chi connectivity index (χ1n) is 11.1. The Morgan fingerprint density at radius 1 is 1.14 bits per heavy atom. The first-order valence-corrected chi connectivity index (χ1v) is 11.8. The van der Waals surface area contributed by atoms with E-state index in [9.17, 15) is 14.4 Å². The molecule has 0 radical (unpaired) electrons. The molecule has 8 nitrogen and oxygen atoms in total. The van der Waals surface area contributed by atoms with Crippen LogP contribution in [-0.4, -0.2) is 49.7 Å². The quantitative estimate of drug-likeness (QED) is 0.351. The average Bonchev–Trinajstić information content (AvgIpc) is 2.81. The SMILES string of the molecule is CCCN1C(=O)NC(c2cccc(NC(=O)c3ccc(Cl)cc3Cl)c2)C(C(=O)OCCOC)=C1C. The molecule has 35 heavy (non-hydrogen) atoms. The highest BCUT2D eigenvalue weighted by Gasteiger charge is 2.36. The van der Waals surface area contributed by atoms with E-state index in [1.807, 2.05) is 6.92 Å². The summed E-state index contributed by atoms with van der Waals surface area (Å²) in [7, 11) is 1.52. The Balaban J connectivity index is 1.92. The van der Waals surface area contributed by atoms with Gasteiger partial charge in [-0.3, -0.25) is 9.69 Å². The number of allylic oxidation sites excluding steroid dienone is 1. The van der Waals surface area contributed by atoms with Gasteiger partial charge < -0.3 is 20.1 Å². The number of hydrogen-bond donors (Lipinski definition) is 2. The number of hydrogen-bond acceptors (Lipinski definition) is 5. The van der Waals surface area contributed by atoms with E-state index in [0.29, 0.717) is 34.1 Å². The van der Waals surface area contributed by atoms with Gasteiger partial charge in [-0.1, -0.05) is 42.3 Å². The summed E-state index contributed by atoms with van der Waals surface area (Å²) >= 11 is 12.1. The highest BCUT2D eigenvalue weighted by molar-refractivity contribution is 6.37. The molecule has 2 aromatic rings. The Bertz CT molecular complexity index is 1150. The van der Waals surface area contributed by atoms with Crippen molar-refractivity contribution in [3.8, 4) is 0 Å². The zero-order valence-electron chi connectivity index (χ0n) is 19.7. The van der Waals surface area contributed by atoms with Gasteiger partial charge >= 0.3 is 12.0 Å². The van der Waals surface area contributed by atoms with Crippen LogP contribution in [-0.2, 0) is 14.3 Å². The number of carbonyl (C=O) groups excluding carboxylic acids is 3. The lowest BCUT2D eigenvalue weighted by Gasteiger charge is -2.35. The molecule has 0 fully saturated rings. The Morgan fingerprint density at radius 2 is 1.91 bits per heavy atom. The molecule has 3 rings (SSSR count). The summed E-state index contributed by atoms with van der Waals surface area (Å²) in [5.74, 6) is -0.968.